The molecular formula is C21H21N5O4. The van der Waals surface area contributed by atoms with E-state index in [1.54, 1.807) is 24.3 Å². The number of nitrogens with one attached hydrogen (secondary N) is 2. The van der Waals surface area contributed by atoms with E-state index in [9.17, 15) is 14.4 Å². The van der Waals surface area contributed by atoms with Crippen molar-refractivity contribution in [1.82, 2.24) is 24.9 Å². The molecule has 9 heteroatoms. The lowest BCUT2D eigenvalue weighted by Crippen LogP contribution is -2.30. The average Bonchev–Trinajstić information content (AvgIpc) is 3.21. The third-order valence-corrected chi connectivity index (χ3v) is 5.00. The normalized spacial score (nSPS) is 13.1. The van der Waals surface area contributed by atoms with Crippen molar-refractivity contribution in [3.8, 4) is 0 Å². The molecule has 0 saturated carbocycles. The predicted octanol–water partition coefficient (Wildman–Crippen LogP) is 1.88. The zero-order valence-electron chi connectivity index (χ0n) is 16.2. The minimum Gasteiger partial charge on any atom is -0.465 e. The number of carbonyl (C=O) groups is 3. The van der Waals surface area contributed by atoms with E-state index in [-0.39, 0.29) is 18.4 Å². The minimum atomic E-state index is -1.04. The third-order valence-electron chi connectivity index (χ3n) is 5.00. The van der Waals surface area contributed by atoms with Crippen LogP contribution in [0.4, 0.5) is 4.79 Å². The van der Waals surface area contributed by atoms with E-state index in [0.29, 0.717) is 42.9 Å². The first-order valence-corrected chi connectivity index (χ1v) is 9.64. The van der Waals surface area contributed by atoms with E-state index in [4.69, 9.17) is 5.11 Å². The topological polar surface area (TPSA) is 116 Å². The Bertz CT molecular complexity index is 1090. The van der Waals surface area contributed by atoms with Gasteiger partial charge in [0.15, 0.2) is 0 Å². The van der Waals surface area contributed by atoms with Crippen molar-refractivity contribution in [2.75, 3.05) is 13.1 Å². The molecule has 0 bridgehead atoms. The first kappa shape index (κ1) is 19.6. The molecule has 3 heterocycles. The molecule has 9 nitrogen and oxygen atoms in total. The Hall–Kier alpha value is -3.72. The Balaban J connectivity index is 1.51. The number of aromatic nitrogens is 2. The van der Waals surface area contributed by atoms with Crippen LogP contribution in [0, 0.1) is 0 Å². The summed E-state index contributed by atoms with van der Waals surface area (Å²) in [5.41, 5.74) is 3.06. The fourth-order valence-corrected chi connectivity index (χ4v) is 3.56. The summed E-state index contributed by atoms with van der Waals surface area (Å²) >= 11 is 0. The van der Waals surface area contributed by atoms with Gasteiger partial charge in [-0.2, -0.15) is 0 Å². The maximum atomic E-state index is 12.7. The summed E-state index contributed by atoms with van der Waals surface area (Å²) in [6.45, 7) is 1.52. The van der Waals surface area contributed by atoms with Gasteiger partial charge < -0.3 is 20.1 Å². The number of hydrogen-bond acceptors (Lipinski definition) is 5. The summed E-state index contributed by atoms with van der Waals surface area (Å²) < 4.78 is 1.93. The highest BCUT2D eigenvalue weighted by Crippen LogP contribution is 2.25. The number of rotatable bonds is 8. The fourth-order valence-electron chi connectivity index (χ4n) is 3.56. The Morgan fingerprint density at radius 2 is 1.70 bits per heavy atom. The van der Waals surface area contributed by atoms with Gasteiger partial charge >= 0.3 is 6.09 Å². The molecule has 0 saturated heterocycles. The second kappa shape index (κ2) is 8.34. The number of fused-ring (bicyclic) bond motifs is 2. The zero-order chi connectivity index (χ0) is 21.1. The number of carbonyl (C=O) groups excluding carboxylic acids is 2. The molecule has 1 aliphatic heterocycles. The Morgan fingerprint density at radius 3 is 2.40 bits per heavy atom. The van der Waals surface area contributed by atoms with Crippen LogP contribution >= 0.6 is 0 Å². The van der Waals surface area contributed by atoms with Crippen molar-refractivity contribution < 1.29 is 19.5 Å². The van der Waals surface area contributed by atoms with Gasteiger partial charge in [-0.3, -0.25) is 14.5 Å². The molecular weight excluding hydrogens is 386 g/mol. The number of benzene rings is 1. The van der Waals surface area contributed by atoms with E-state index in [1.807, 2.05) is 28.8 Å². The highest BCUT2D eigenvalue weighted by Gasteiger charge is 2.36. The highest BCUT2D eigenvalue weighted by atomic mass is 16.4. The van der Waals surface area contributed by atoms with Crippen LogP contribution in [0.2, 0.25) is 0 Å². The molecule has 3 aromatic rings. The van der Waals surface area contributed by atoms with Gasteiger partial charge in [0, 0.05) is 19.3 Å². The van der Waals surface area contributed by atoms with Crippen molar-refractivity contribution in [3.63, 3.8) is 0 Å². The van der Waals surface area contributed by atoms with E-state index >= 15 is 0 Å². The quantitative estimate of drug-likeness (QED) is 0.388. The van der Waals surface area contributed by atoms with Gasteiger partial charge in [0.2, 0.25) is 0 Å². The van der Waals surface area contributed by atoms with E-state index in [2.05, 4.69) is 15.6 Å². The number of hydrogen-bond donors (Lipinski definition) is 3. The van der Waals surface area contributed by atoms with Crippen LogP contribution in [0.3, 0.4) is 0 Å². The summed E-state index contributed by atoms with van der Waals surface area (Å²) in [7, 11) is 0. The zero-order valence-corrected chi connectivity index (χ0v) is 16.2. The molecule has 154 valence electrons. The van der Waals surface area contributed by atoms with Gasteiger partial charge in [0.05, 0.1) is 29.1 Å². The van der Waals surface area contributed by atoms with Gasteiger partial charge in [-0.05, 0) is 37.2 Å². The third kappa shape index (κ3) is 3.74. The second-order valence-electron chi connectivity index (χ2n) is 6.94. The second-order valence-corrected chi connectivity index (χ2v) is 6.94. The first-order chi connectivity index (χ1) is 14.6. The summed E-state index contributed by atoms with van der Waals surface area (Å²) in [6.07, 6.45) is 1.48. The molecule has 0 unspecified atom stereocenters. The molecule has 30 heavy (non-hydrogen) atoms. The summed E-state index contributed by atoms with van der Waals surface area (Å²) in [4.78, 5) is 41.8. The number of imide groups is 1. The molecule has 4 rings (SSSR count). The van der Waals surface area contributed by atoms with Crippen LogP contribution < -0.4 is 10.6 Å². The average molecular weight is 407 g/mol. The van der Waals surface area contributed by atoms with Gasteiger partial charge in [0.1, 0.15) is 5.65 Å². The first-order valence-electron chi connectivity index (χ1n) is 9.64. The summed E-state index contributed by atoms with van der Waals surface area (Å²) in [5.74, 6) is -0.627. The standard InChI is InChI=1S/C21H21N5O4/c27-19-14-6-1-2-7-15(14)20(28)26(19)13-16-17(12-22-9-5-10-23-21(29)30)25-11-4-3-8-18(25)24-16/h1-4,6-8,11,22-23H,5,9-10,12-13H2,(H,29,30). The van der Waals surface area contributed by atoms with Crippen LogP contribution in [0.25, 0.3) is 5.65 Å². The fraction of sp³-hybridized carbons (Fsp3) is 0.238. The maximum absolute atomic E-state index is 12.7. The van der Waals surface area contributed by atoms with Gasteiger partial charge in [-0.25, -0.2) is 9.78 Å². The van der Waals surface area contributed by atoms with Crippen molar-refractivity contribution in [2.45, 2.75) is 19.5 Å². The molecule has 2 aromatic heterocycles. The van der Waals surface area contributed by atoms with Crippen LogP contribution in [-0.4, -0.2) is 50.4 Å². The largest absolute Gasteiger partial charge is 0.465 e. The monoisotopic (exact) mass is 407 g/mol. The van der Waals surface area contributed by atoms with Crippen LogP contribution in [0.15, 0.2) is 48.7 Å². The summed E-state index contributed by atoms with van der Waals surface area (Å²) in [6, 6.07) is 12.4. The van der Waals surface area contributed by atoms with E-state index in [1.165, 1.54) is 4.90 Å². The van der Waals surface area contributed by atoms with E-state index < -0.39 is 6.09 Å². The molecule has 0 radical (unpaired) electrons. The van der Waals surface area contributed by atoms with Gasteiger partial charge in [-0.1, -0.05) is 18.2 Å². The lowest BCUT2D eigenvalue weighted by atomic mass is 10.1. The van der Waals surface area contributed by atoms with Crippen molar-refractivity contribution >= 4 is 23.6 Å². The molecule has 3 N–H and O–H groups in total. The molecule has 1 aromatic carbocycles. The lowest BCUT2D eigenvalue weighted by Gasteiger charge is -2.14. The number of imidazole rings is 1. The predicted molar refractivity (Wildman–Crippen MR) is 108 cm³/mol. The van der Waals surface area contributed by atoms with Gasteiger partial charge in [0.25, 0.3) is 11.8 Å². The molecule has 0 aliphatic carbocycles. The molecule has 3 amide bonds. The molecule has 1 aliphatic rings. The van der Waals surface area contributed by atoms with Crippen LogP contribution in [0.1, 0.15) is 38.5 Å². The number of pyridine rings is 1. The van der Waals surface area contributed by atoms with Crippen molar-refractivity contribution in [2.24, 2.45) is 0 Å². The Labute approximate surface area is 172 Å². The SMILES string of the molecule is O=C(O)NCCCNCc1c(CN2C(=O)c3ccccc3C2=O)nc2ccccn12. The molecule has 0 atom stereocenters. The van der Waals surface area contributed by atoms with Crippen molar-refractivity contribution in [3.05, 3.63) is 71.2 Å². The smallest absolute Gasteiger partial charge is 0.404 e. The van der Waals surface area contributed by atoms with E-state index in [0.717, 1.165) is 11.3 Å². The number of carboxylic acid groups (broad SMARTS) is 1. The Kier molecular flexibility index (Phi) is 5.44. The van der Waals surface area contributed by atoms with Crippen LogP contribution in [-0.2, 0) is 13.1 Å². The number of nitrogens with zero attached hydrogens (tertiary/aromatic N) is 3. The van der Waals surface area contributed by atoms with Gasteiger partial charge in [-0.15, -0.1) is 0 Å². The molecule has 0 fully saturated rings. The maximum Gasteiger partial charge on any atom is 0.404 e. The molecule has 0 spiro atoms. The minimum absolute atomic E-state index is 0.0889. The number of amides is 3. The summed E-state index contributed by atoms with van der Waals surface area (Å²) in [5, 5.41) is 14.2. The highest BCUT2D eigenvalue weighted by molar-refractivity contribution is 6.21. The Morgan fingerprint density at radius 1 is 1.00 bits per heavy atom. The lowest BCUT2D eigenvalue weighted by molar-refractivity contribution is 0.0640. The van der Waals surface area contributed by atoms with Crippen molar-refractivity contribution in [1.29, 1.82) is 0 Å². The van der Waals surface area contributed by atoms with Crippen LogP contribution in [0.5, 0.6) is 0 Å².